The first-order valence-electron chi connectivity index (χ1n) is 4.98. The number of rotatable bonds is 4. The van der Waals surface area contributed by atoms with Crippen LogP contribution in [-0.2, 0) is 9.59 Å². The maximum atomic E-state index is 11.6. The summed E-state index contributed by atoms with van der Waals surface area (Å²) < 4.78 is 0. The smallest absolute Gasteiger partial charge is 0.240 e. The highest BCUT2D eigenvalue weighted by Crippen LogP contribution is 2.44. The third-order valence-electron chi connectivity index (χ3n) is 2.70. The SMILES string of the molecule is CC1CC(C#N)(C(=O)NCCC(N)=O)C1. The van der Waals surface area contributed by atoms with Crippen LogP contribution in [0.2, 0.25) is 0 Å². The molecule has 1 saturated carbocycles. The fourth-order valence-electron chi connectivity index (χ4n) is 1.93. The van der Waals surface area contributed by atoms with E-state index in [2.05, 4.69) is 11.4 Å². The molecule has 0 unspecified atom stereocenters. The van der Waals surface area contributed by atoms with Gasteiger partial charge in [0, 0.05) is 13.0 Å². The van der Waals surface area contributed by atoms with Gasteiger partial charge in [-0.1, -0.05) is 6.92 Å². The van der Waals surface area contributed by atoms with Crippen molar-refractivity contribution in [1.29, 1.82) is 5.26 Å². The molecule has 0 radical (unpaired) electrons. The lowest BCUT2D eigenvalue weighted by molar-refractivity contribution is -0.134. The predicted molar refractivity (Wildman–Crippen MR) is 53.3 cm³/mol. The Morgan fingerprint density at radius 2 is 2.20 bits per heavy atom. The summed E-state index contributed by atoms with van der Waals surface area (Å²) in [5.74, 6) is -0.306. The van der Waals surface area contributed by atoms with Crippen LogP contribution >= 0.6 is 0 Å². The van der Waals surface area contributed by atoms with Gasteiger partial charge in [0.2, 0.25) is 11.8 Å². The molecule has 5 heteroatoms. The highest BCUT2D eigenvalue weighted by atomic mass is 16.2. The largest absolute Gasteiger partial charge is 0.370 e. The third kappa shape index (κ3) is 2.46. The van der Waals surface area contributed by atoms with E-state index in [1.54, 1.807) is 0 Å². The Bertz CT molecular complexity index is 313. The van der Waals surface area contributed by atoms with Gasteiger partial charge in [-0.2, -0.15) is 5.26 Å². The Morgan fingerprint density at radius 3 is 2.60 bits per heavy atom. The van der Waals surface area contributed by atoms with E-state index in [1.165, 1.54) is 0 Å². The van der Waals surface area contributed by atoms with Crippen LogP contribution in [0, 0.1) is 22.7 Å². The number of primary amides is 1. The average molecular weight is 209 g/mol. The van der Waals surface area contributed by atoms with Crippen LogP contribution in [0.4, 0.5) is 0 Å². The molecule has 82 valence electrons. The van der Waals surface area contributed by atoms with E-state index in [9.17, 15) is 9.59 Å². The molecule has 2 amide bonds. The lowest BCUT2D eigenvalue weighted by Gasteiger charge is -2.39. The van der Waals surface area contributed by atoms with E-state index < -0.39 is 11.3 Å². The van der Waals surface area contributed by atoms with Gasteiger partial charge >= 0.3 is 0 Å². The van der Waals surface area contributed by atoms with Crippen molar-refractivity contribution >= 4 is 11.8 Å². The minimum absolute atomic E-state index is 0.114. The predicted octanol–water partition coefficient (Wildman–Crippen LogP) is -0.0821. The van der Waals surface area contributed by atoms with Crippen LogP contribution in [0.3, 0.4) is 0 Å². The molecule has 0 bridgehead atoms. The number of hydrogen-bond acceptors (Lipinski definition) is 3. The first-order chi connectivity index (χ1) is 7.00. The molecule has 1 rings (SSSR count). The van der Waals surface area contributed by atoms with Crippen molar-refractivity contribution in [3.8, 4) is 6.07 Å². The van der Waals surface area contributed by atoms with Crippen LogP contribution in [-0.4, -0.2) is 18.4 Å². The number of nitriles is 1. The number of nitrogens with one attached hydrogen (secondary N) is 1. The van der Waals surface area contributed by atoms with Crippen molar-refractivity contribution in [2.24, 2.45) is 17.1 Å². The standard InChI is InChI=1S/C10H15N3O2/c1-7-4-10(5-7,6-11)9(15)13-3-2-8(12)14/h7H,2-5H2,1H3,(H2,12,14)(H,13,15). The fraction of sp³-hybridized carbons (Fsp3) is 0.700. The van der Waals surface area contributed by atoms with Gasteiger partial charge in [0.1, 0.15) is 5.41 Å². The molecular formula is C10H15N3O2. The fourth-order valence-corrected chi connectivity index (χ4v) is 1.93. The molecule has 1 aliphatic rings. The third-order valence-corrected chi connectivity index (χ3v) is 2.70. The molecule has 0 aromatic carbocycles. The Balaban J connectivity index is 2.40. The van der Waals surface area contributed by atoms with Gasteiger partial charge in [0.25, 0.3) is 0 Å². The molecule has 1 fully saturated rings. The lowest BCUT2D eigenvalue weighted by Crippen LogP contribution is -2.48. The van der Waals surface area contributed by atoms with Crippen LogP contribution < -0.4 is 11.1 Å². The molecule has 0 aromatic heterocycles. The van der Waals surface area contributed by atoms with Crippen LogP contribution in [0.15, 0.2) is 0 Å². The molecule has 0 spiro atoms. The molecule has 3 N–H and O–H groups in total. The molecule has 0 aliphatic heterocycles. The number of carbonyl (C=O) groups excluding carboxylic acids is 2. The van der Waals surface area contributed by atoms with Gasteiger partial charge in [0.05, 0.1) is 6.07 Å². The summed E-state index contributed by atoms with van der Waals surface area (Å²) in [5.41, 5.74) is 4.07. The molecule has 0 atom stereocenters. The zero-order valence-electron chi connectivity index (χ0n) is 8.75. The van der Waals surface area contributed by atoms with Gasteiger partial charge in [0.15, 0.2) is 0 Å². The van der Waals surface area contributed by atoms with Gasteiger partial charge in [-0.05, 0) is 18.8 Å². The first-order valence-corrected chi connectivity index (χ1v) is 4.98. The van der Waals surface area contributed by atoms with E-state index in [1.807, 2.05) is 6.92 Å². The second-order valence-electron chi connectivity index (χ2n) is 4.18. The minimum atomic E-state index is -0.864. The van der Waals surface area contributed by atoms with Gasteiger partial charge < -0.3 is 11.1 Å². The Kier molecular flexibility index (Phi) is 3.30. The average Bonchev–Trinajstić information content (AvgIpc) is 2.11. The normalized spacial score (nSPS) is 28.7. The van der Waals surface area contributed by atoms with Crippen molar-refractivity contribution in [2.45, 2.75) is 26.2 Å². The van der Waals surface area contributed by atoms with E-state index in [4.69, 9.17) is 11.0 Å². The zero-order chi connectivity index (χ0) is 11.5. The second kappa shape index (κ2) is 4.30. The van der Waals surface area contributed by atoms with Crippen molar-refractivity contribution in [3.63, 3.8) is 0 Å². The summed E-state index contributed by atoms with van der Waals surface area (Å²) in [5, 5.41) is 11.5. The lowest BCUT2D eigenvalue weighted by atomic mass is 9.63. The molecule has 5 nitrogen and oxygen atoms in total. The maximum Gasteiger partial charge on any atom is 0.240 e. The molecule has 0 saturated heterocycles. The van der Waals surface area contributed by atoms with Crippen LogP contribution in [0.25, 0.3) is 0 Å². The Labute approximate surface area is 88.6 Å². The Hall–Kier alpha value is -1.57. The van der Waals surface area contributed by atoms with Crippen LogP contribution in [0.5, 0.6) is 0 Å². The Morgan fingerprint density at radius 1 is 1.60 bits per heavy atom. The van der Waals surface area contributed by atoms with Gasteiger partial charge in [-0.15, -0.1) is 0 Å². The quantitative estimate of drug-likeness (QED) is 0.677. The highest BCUT2D eigenvalue weighted by Gasteiger charge is 2.48. The second-order valence-corrected chi connectivity index (χ2v) is 4.18. The monoisotopic (exact) mass is 209 g/mol. The van der Waals surface area contributed by atoms with E-state index >= 15 is 0 Å². The number of hydrogen-bond donors (Lipinski definition) is 2. The number of nitrogens with zero attached hydrogens (tertiary/aromatic N) is 1. The van der Waals surface area contributed by atoms with E-state index in [0.29, 0.717) is 18.8 Å². The van der Waals surface area contributed by atoms with Crippen molar-refractivity contribution < 1.29 is 9.59 Å². The molecule has 1 aliphatic carbocycles. The molecule has 0 heterocycles. The van der Waals surface area contributed by atoms with Crippen molar-refractivity contribution in [3.05, 3.63) is 0 Å². The number of amides is 2. The van der Waals surface area contributed by atoms with Crippen molar-refractivity contribution in [2.75, 3.05) is 6.54 Å². The summed E-state index contributed by atoms with van der Waals surface area (Å²) in [6, 6.07) is 2.06. The minimum Gasteiger partial charge on any atom is -0.370 e. The highest BCUT2D eigenvalue weighted by molar-refractivity contribution is 5.86. The van der Waals surface area contributed by atoms with Crippen LogP contribution in [0.1, 0.15) is 26.2 Å². The summed E-state index contributed by atoms with van der Waals surface area (Å²) >= 11 is 0. The summed E-state index contributed by atoms with van der Waals surface area (Å²) in [4.78, 5) is 22.1. The van der Waals surface area contributed by atoms with E-state index in [-0.39, 0.29) is 18.9 Å². The topological polar surface area (TPSA) is 96.0 Å². The van der Waals surface area contributed by atoms with Gasteiger partial charge in [-0.25, -0.2) is 0 Å². The molecule has 0 aromatic rings. The first kappa shape index (κ1) is 11.5. The summed E-state index contributed by atoms with van der Waals surface area (Å²) in [6.45, 7) is 2.22. The van der Waals surface area contributed by atoms with Crippen molar-refractivity contribution in [1.82, 2.24) is 5.32 Å². The molecular weight excluding hydrogens is 194 g/mol. The number of nitrogens with two attached hydrogens (primary N) is 1. The zero-order valence-corrected chi connectivity index (χ0v) is 8.75. The maximum absolute atomic E-state index is 11.6. The molecule has 15 heavy (non-hydrogen) atoms. The number of carbonyl (C=O) groups is 2. The summed E-state index contributed by atoms with van der Waals surface area (Å²) in [7, 11) is 0. The van der Waals surface area contributed by atoms with E-state index in [0.717, 1.165) is 0 Å². The summed E-state index contributed by atoms with van der Waals surface area (Å²) in [6.07, 6.45) is 1.32. The van der Waals surface area contributed by atoms with Gasteiger partial charge in [-0.3, -0.25) is 9.59 Å².